The molecule has 3 rings (SSSR count). The van der Waals surface area contributed by atoms with Crippen LogP contribution in [0.5, 0.6) is 0 Å². The Bertz CT molecular complexity index is 439. The van der Waals surface area contributed by atoms with E-state index in [2.05, 4.69) is 16.8 Å². The van der Waals surface area contributed by atoms with Crippen LogP contribution in [0.15, 0.2) is 0 Å². The van der Waals surface area contributed by atoms with E-state index in [9.17, 15) is 0 Å². The van der Waals surface area contributed by atoms with Crippen molar-refractivity contribution >= 4 is 11.6 Å². The Labute approximate surface area is 102 Å². The van der Waals surface area contributed by atoms with E-state index in [1.165, 1.54) is 25.7 Å². The molecular weight excluding hydrogens is 212 g/mol. The summed E-state index contributed by atoms with van der Waals surface area (Å²) in [6.07, 6.45) is 4.94. The van der Waals surface area contributed by atoms with Crippen LogP contribution < -0.4 is 10.6 Å². The number of nitrogens with two attached hydrogens (primary N) is 1. The van der Waals surface area contributed by atoms with Crippen LogP contribution in [0.4, 0.5) is 11.6 Å². The van der Waals surface area contributed by atoms with Crippen LogP contribution in [0.2, 0.25) is 0 Å². The molecule has 0 bridgehead atoms. The van der Waals surface area contributed by atoms with Gasteiger partial charge in [-0.05, 0) is 39.5 Å². The third kappa shape index (κ3) is 1.85. The van der Waals surface area contributed by atoms with E-state index in [4.69, 9.17) is 10.7 Å². The zero-order valence-corrected chi connectivity index (χ0v) is 10.6. The lowest BCUT2D eigenvalue weighted by Gasteiger charge is -2.25. The van der Waals surface area contributed by atoms with Gasteiger partial charge in [-0.3, -0.25) is 0 Å². The quantitative estimate of drug-likeness (QED) is 0.849. The Balaban J connectivity index is 2.01. The van der Waals surface area contributed by atoms with Crippen LogP contribution in [-0.4, -0.2) is 22.6 Å². The highest BCUT2D eigenvalue weighted by Gasteiger charge is 2.30. The summed E-state index contributed by atoms with van der Waals surface area (Å²) in [5.74, 6) is 3.26. The molecule has 92 valence electrons. The minimum Gasteiger partial charge on any atom is -0.383 e. The minimum atomic E-state index is 0.564. The fourth-order valence-electron chi connectivity index (χ4n) is 2.59. The highest BCUT2D eigenvalue weighted by atomic mass is 15.2. The van der Waals surface area contributed by atoms with Crippen molar-refractivity contribution in [1.82, 2.24) is 9.97 Å². The predicted molar refractivity (Wildman–Crippen MR) is 69.2 cm³/mol. The van der Waals surface area contributed by atoms with Gasteiger partial charge in [-0.1, -0.05) is 0 Å². The van der Waals surface area contributed by atoms with Crippen LogP contribution in [0.25, 0.3) is 0 Å². The molecule has 1 atom stereocenters. The number of hydrogen-bond acceptors (Lipinski definition) is 4. The van der Waals surface area contributed by atoms with Gasteiger partial charge in [0.25, 0.3) is 0 Å². The van der Waals surface area contributed by atoms with Gasteiger partial charge in [0.2, 0.25) is 0 Å². The van der Waals surface area contributed by atoms with Crippen molar-refractivity contribution in [3.8, 4) is 0 Å². The van der Waals surface area contributed by atoms with E-state index >= 15 is 0 Å². The third-order valence-corrected chi connectivity index (χ3v) is 3.94. The molecule has 1 saturated carbocycles. The Morgan fingerprint density at radius 2 is 2.00 bits per heavy atom. The predicted octanol–water partition coefficient (Wildman–Crippen LogP) is 2.23. The Morgan fingerprint density at radius 1 is 1.24 bits per heavy atom. The summed E-state index contributed by atoms with van der Waals surface area (Å²) in [5, 5.41) is 0. The second kappa shape index (κ2) is 3.86. The molecule has 2 fully saturated rings. The number of anilines is 2. The largest absolute Gasteiger partial charge is 0.383 e. The zero-order valence-electron chi connectivity index (χ0n) is 10.6. The summed E-state index contributed by atoms with van der Waals surface area (Å²) in [4.78, 5) is 11.6. The molecule has 0 spiro atoms. The molecular formula is C13H20N4. The van der Waals surface area contributed by atoms with E-state index in [0.29, 0.717) is 17.8 Å². The molecule has 1 aliphatic carbocycles. The molecule has 1 unspecified atom stereocenters. The van der Waals surface area contributed by atoms with Crippen molar-refractivity contribution in [1.29, 1.82) is 0 Å². The van der Waals surface area contributed by atoms with Crippen molar-refractivity contribution in [2.24, 2.45) is 0 Å². The highest BCUT2D eigenvalue weighted by molar-refractivity contribution is 5.57. The first-order chi connectivity index (χ1) is 8.16. The molecule has 1 aromatic rings. The molecule has 0 radical (unpaired) electrons. The van der Waals surface area contributed by atoms with Gasteiger partial charge in [0.1, 0.15) is 17.5 Å². The van der Waals surface area contributed by atoms with Crippen molar-refractivity contribution in [3.05, 3.63) is 11.4 Å². The molecule has 1 aromatic heterocycles. The molecule has 1 aliphatic heterocycles. The maximum atomic E-state index is 6.02. The average molecular weight is 232 g/mol. The van der Waals surface area contributed by atoms with Gasteiger partial charge in [-0.15, -0.1) is 0 Å². The average Bonchev–Trinajstić information content (AvgIpc) is 3.06. The summed E-state index contributed by atoms with van der Waals surface area (Å²) < 4.78 is 0. The summed E-state index contributed by atoms with van der Waals surface area (Å²) >= 11 is 0. The van der Waals surface area contributed by atoms with Gasteiger partial charge in [-0.25, -0.2) is 9.97 Å². The van der Waals surface area contributed by atoms with Crippen molar-refractivity contribution in [2.45, 2.75) is 51.5 Å². The van der Waals surface area contributed by atoms with Crippen LogP contribution in [0.1, 0.15) is 49.9 Å². The summed E-state index contributed by atoms with van der Waals surface area (Å²) in [6.45, 7) is 5.40. The Hall–Kier alpha value is -1.32. The zero-order chi connectivity index (χ0) is 12.0. The maximum Gasteiger partial charge on any atom is 0.137 e. The van der Waals surface area contributed by atoms with E-state index < -0.39 is 0 Å². The fourth-order valence-corrected chi connectivity index (χ4v) is 2.59. The SMILES string of the molecule is Cc1c(N)nc(C2CC2)nc1N1CCCC1C. The minimum absolute atomic E-state index is 0.564. The molecule has 2 heterocycles. The summed E-state index contributed by atoms with van der Waals surface area (Å²) in [5.41, 5.74) is 7.07. The molecule has 0 aromatic carbocycles. The molecule has 4 heteroatoms. The smallest absolute Gasteiger partial charge is 0.137 e. The van der Waals surface area contributed by atoms with Crippen molar-refractivity contribution in [3.63, 3.8) is 0 Å². The molecule has 4 nitrogen and oxygen atoms in total. The summed E-state index contributed by atoms with van der Waals surface area (Å²) in [6, 6.07) is 0.579. The first-order valence-electron chi connectivity index (χ1n) is 6.57. The lowest BCUT2D eigenvalue weighted by molar-refractivity contribution is 0.719. The topological polar surface area (TPSA) is 55.0 Å². The van der Waals surface area contributed by atoms with Crippen LogP contribution >= 0.6 is 0 Å². The Kier molecular flexibility index (Phi) is 2.45. The first kappa shape index (κ1) is 10.8. The standard InChI is InChI=1S/C13H20N4/c1-8-4-3-7-17(8)13-9(2)11(14)15-12(16-13)10-5-6-10/h8,10H,3-7H2,1-2H3,(H2,14,15,16). The van der Waals surface area contributed by atoms with Crippen LogP contribution in [0, 0.1) is 6.92 Å². The second-order valence-corrected chi connectivity index (χ2v) is 5.37. The summed E-state index contributed by atoms with van der Waals surface area (Å²) in [7, 11) is 0. The van der Waals surface area contributed by atoms with E-state index in [-0.39, 0.29) is 0 Å². The number of hydrogen-bond donors (Lipinski definition) is 1. The normalized spacial score (nSPS) is 24.4. The monoisotopic (exact) mass is 232 g/mol. The van der Waals surface area contributed by atoms with E-state index in [0.717, 1.165) is 23.8 Å². The van der Waals surface area contributed by atoms with Gasteiger partial charge in [-0.2, -0.15) is 0 Å². The van der Waals surface area contributed by atoms with Crippen molar-refractivity contribution < 1.29 is 0 Å². The second-order valence-electron chi connectivity index (χ2n) is 5.37. The number of aromatic nitrogens is 2. The van der Waals surface area contributed by atoms with Gasteiger partial charge >= 0.3 is 0 Å². The molecule has 1 saturated heterocycles. The molecule has 0 amide bonds. The fraction of sp³-hybridized carbons (Fsp3) is 0.692. The van der Waals surface area contributed by atoms with E-state index in [1.807, 2.05) is 6.92 Å². The maximum absolute atomic E-state index is 6.02. The molecule has 2 N–H and O–H groups in total. The van der Waals surface area contributed by atoms with Crippen LogP contribution in [0.3, 0.4) is 0 Å². The lowest BCUT2D eigenvalue weighted by Crippen LogP contribution is -2.28. The van der Waals surface area contributed by atoms with Gasteiger partial charge < -0.3 is 10.6 Å². The molecule has 2 aliphatic rings. The van der Waals surface area contributed by atoms with Gasteiger partial charge in [0, 0.05) is 24.1 Å². The Morgan fingerprint density at radius 3 is 2.59 bits per heavy atom. The number of nitrogens with zero attached hydrogens (tertiary/aromatic N) is 3. The molecule has 17 heavy (non-hydrogen) atoms. The first-order valence-corrected chi connectivity index (χ1v) is 6.57. The van der Waals surface area contributed by atoms with Crippen molar-refractivity contribution in [2.75, 3.05) is 17.2 Å². The van der Waals surface area contributed by atoms with Gasteiger partial charge in [0.15, 0.2) is 0 Å². The highest BCUT2D eigenvalue weighted by Crippen LogP contribution is 2.40. The lowest BCUT2D eigenvalue weighted by atomic mass is 10.2. The van der Waals surface area contributed by atoms with Crippen LogP contribution in [-0.2, 0) is 0 Å². The third-order valence-electron chi connectivity index (χ3n) is 3.94. The number of rotatable bonds is 2. The van der Waals surface area contributed by atoms with E-state index in [1.54, 1.807) is 0 Å². The van der Waals surface area contributed by atoms with Gasteiger partial charge in [0.05, 0.1) is 0 Å². The number of nitrogen functional groups attached to an aromatic ring is 1.